The number of ether oxygens (including phenoxy) is 1. The highest BCUT2D eigenvalue weighted by molar-refractivity contribution is 5.95. The minimum atomic E-state index is 0.110. The van der Waals surface area contributed by atoms with Gasteiger partial charge in [0, 0.05) is 51.2 Å². The average molecular weight is 366 g/mol. The molecule has 0 radical (unpaired) electrons. The van der Waals surface area contributed by atoms with Crippen LogP contribution in [0.25, 0.3) is 0 Å². The molecule has 6 heteroatoms. The van der Waals surface area contributed by atoms with E-state index < -0.39 is 0 Å². The Morgan fingerprint density at radius 2 is 1.52 bits per heavy atom. The van der Waals surface area contributed by atoms with Crippen LogP contribution in [0.2, 0.25) is 0 Å². The number of likely N-dealkylation sites (tertiary alicyclic amines) is 1. The maximum atomic E-state index is 12.6. The topological polar surface area (TPSA) is 48.9 Å². The van der Waals surface area contributed by atoms with Gasteiger partial charge in [-0.3, -0.25) is 9.78 Å². The van der Waals surface area contributed by atoms with Crippen molar-refractivity contribution in [1.29, 1.82) is 0 Å². The quantitative estimate of drug-likeness (QED) is 0.833. The zero-order valence-electron chi connectivity index (χ0n) is 15.8. The molecule has 0 unspecified atom stereocenters. The Labute approximate surface area is 160 Å². The van der Waals surface area contributed by atoms with Crippen molar-refractivity contribution in [3.8, 4) is 5.75 Å². The van der Waals surface area contributed by atoms with Crippen LogP contribution in [0.15, 0.2) is 42.7 Å². The lowest BCUT2D eigenvalue weighted by atomic mass is 10.2. The van der Waals surface area contributed by atoms with Crippen LogP contribution in [-0.2, 0) is 0 Å². The molecule has 0 aliphatic carbocycles. The molecule has 0 bridgehead atoms. The molecule has 1 aromatic heterocycles. The Morgan fingerprint density at radius 1 is 0.889 bits per heavy atom. The van der Waals surface area contributed by atoms with Crippen molar-refractivity contribution in [1.82, 2.24) is 9.88 Å². The molecule has 4 rings (SSSR count). The standard InChI is InChI=1S/C21H26N4O2/c1-27-20-6-4-18(5-7-20)23-10-12-24(13-11-23)19-14-17(15-22-16-19)21(26)25-8-2-3-9-25/h4-7,14-16H,2-3,8-13H2,1H3. The van der Waals surface area contributed by atoms with E-state index in [9.17, 15) is 4.79 Å². The van der Waals surface area contributed by atoms with E-state index in [2.05, 4.69) is 26.9 Å². The summed E-state index contributed by atoms with van der Waals surface area (Å²) in [5, 5.41) is 0. The van der Waals surface area contributed by atoms with Crippen LogP contribution in [0.1, 0.15) is 23.2 Å². The molecule has 2 aliphatic heterocycles. The number of hydrogen-bond acceptors (Lipinski definition) is 5. The van der Waals surface area contributed by atoms with Gasteiger partial charge in [0.1, 0.15) is 5.75 Å². The molecule has 0 saturated carbocycles. The number of carbonyl (C=O) groups is 1. The van der Waals surface area contributed by atoms with Crippen molar-refractivity contribution < 1.29 is 9.53 Å². The number of benzene rings is 1. The summed E-state index contributed by atoms with van der Waals surface area (Å²) in [6.07, 6.45) is 5.76. The Morgan fingerprint density at radius 3 is 2.15 bits per heavy atom. The fourth-order valence-corrected chi connectivity index (χ4v) is 3.84. The zero-order valence-corrected chi connectivity index (χ0v) is 15.8. The first-order chi connectivity index (χ1) is 13.2. The molecule has 3 heterocycles. The summed E-state index contributed by atoms with van der Waals surface area (Å²) in [5.41, 5.74) is 2.95. The third-order valence-electron chi connectivity index (χ3n) is 5.45. The second-order valence-corrected chi connectivity index (χ2v) is 7.10. The molecule has 0 spiro atoms. The van der Waals surface area contributed by atoms with E-state index in [4.69, 9.17) is 4.74 Å². The summed E-state index contributed by atoms with van der Waals surface area (Å²) in [6.45, 7) is 5.44. The molecule has 2 saturated heterocycles. The van der Waals surface area contributed by atoms with Gasteiger partial charge in [0.05, 0.1) is 24.6 Å². The highest BCUT2D eigenvalue weighted by atomic mass is 16.5. The molecule has 0 N–H and O–H groups in total. The third kappa shape index (κ3) is 3.84. The van der Waals surface area contributed by atoms with Gasteiger partial charge >= 0.3 is 0 Å². The van der Waals surface area contributed by atoms with E-state index in [-0.39, 0.29) is 5.91 Å². The summed E-state index contributed by atoms with van der Waals surface area (Å²) in [7, 11) is 1.68. The number of nitrogens with zero attached hydrogens (tertiary/aromatic N) is 4. The van der Waals surface area contributed by atoms with Crippen LogP contribution in [-0.4, -0.2) is 62.2 Å². The second kappa shape index (κ2) is 7.86. The number of anilines is 2. The SMILES string of the molecule is COc1ccc(N2CCN(c3cncc(C(=O)N4CCCC4)c3)CC2)cc1. The van der Waals surface area contributed by atoms with Crippen molar-refractivity contribution in [2.24, 2.45) is 0 Å². The molecule has 6 nitrogen and oxygen atoms in total. The van der Waals surface area contributed by atoms with E-state index in [1.54, 1.807) is 13.3 Å². The summed E-state index contributed by atoms with van der Waals surface area (Å²) >= 11 is 0. The minimum absolute atomic E-state index is 0.110. The summed E-state index contributed by atoms with van der Waals surface area (Å²) in [4.78, 5) is 23.6. The predicted molar refractivity (Wildman–Crippen MR) is 107 cm³/mol. The van der Waals surface area contributed by atoms with Gasteiger partial charge in [-0.15, -0.1) is 0 Å². The van der Waals surface area contributed by atoms with E-state index in [1.807, 2.05) is 29.3 Å². The lowest BCUT2D eigenvalue weighted by molar-refractivity contribution is 0.0792. The van der Waals surface area contributed by atoms with Crippen LogP contribution in [0.5, 0.6) is 5.75 Å². The van der Waals surface area contributed by atoms with Crippen LogP contribution in [0.4, 0.5) is 11.4 Å². The van der Waals surface area contributed by atoms with Crippen molar-refractivity contribution >= 4 is 17.3 Å². The lowest BCUT2D eigenvalue weighted by Crippen LogP contribution is -2.46. The first kappa shape index (κ1) is 17.6. The molecular weight excluding hydrogens is 340 g/mol. The molecule has 27 heavy (non-hydrogen) atoms. The Balaban J connectivity index is 1.40. The summed E-state index contributed by atoms with van der Waals surface area (Å²) in [6, 6.07) is 10.2. The second-order valence-electron chi connectivity index (χ2n) is 7.10. The highest BCUT2D eigenvalue weighted by Gasteiger charge is 2.22. The van der Waals surface area contributed by atoms with Gasteiger partial charge in [-0.2, -0.15) is 0 Å². The van der Waals surface area contributed by atoms with E-state index in [0.29, 0.717) is 5.56 Å². The Bertz CT molecular complexity index is 779. The maximum absolute atomic E-state index is 12.6. The number of methoxy groups -OCH3 is 1. The highest BCUT2D eigenvalue weighted by Crippen LogP contribution is 2.23. The predicted octanol–water partition coefficient (Wildman–Crippen LogP) is 2.65. The number of aromatic nitrogens is 1. The maximum Gasteiger partial charge on any atom is 0.255 e. The number of rotatable bonds is 4. The van der Waals surface area contributed by atoms with E-state index in [1.165, 1.54) is 5.69 Å². The van der Waals surface area contributed by atoms with E-state index >= 15 is 0 Å². The molecule has 1 aromatic carbocycles. The van der Waals surface area contributed by atoms with Gasteiger partial charge in [0.25, 0.3) is 5.91 Å². The van der Waals surface area contributed by atoms with Gasteiger partial charge in [-0.05, 0) is 43.2 Å². The van der Waals surface area contributed by atoms with E-state index in [0.717, 1.165) is 63.5 Å². The molecule has 0 atom stereocenters. The van der Waals surface area contributed by atoms with Crippen LogP contribution in [0.3, 0.4) is 0 Å². The number of pyridine rings is 1. The number of amides is 1. The molecule has 1 amide bonds. The first-order valence-corrected chi connectivity index (χ1v) is 9.63. The Hall–Kier alpha value is -2.76. The van der Waals surface area contributed by atoms with Gasteiger partial charge < -0.3 is 19.4 Å². The fraction of sp³-hybridized carbons (Fsp3) is 0.429. The number of carbonyl (C=O) groups excluding carboxylic acids is 1. The van der Waals surface area contributed by atoms with Crippen molar-refractivity contribution in [3.05, 3.63) is 48.3 Å². The van der Waals surface area contributed by atoms with Crippen LogP contribution >= 0.6 is 0 Å². The Kier molecular flexibility index (Phi) is 5.14. The summed E-state index contributed by atoms with van der Waals surface area (Å²) in [5.74, 6) is 0.988. The monoisotopic (exact) mass is 366 g/mol. The smallest absolute Gasteiger partial charge is 0.255 e. The minimum Gasteiger partial charge on any atom is -0.497 e. The first-order valence-electron chi connectivity index (χ1n) is 9.63. The van der Waals surface area contributed by atoms with Gasteiger partial charge in [0.2, 0.25) is 0 Å². The largest absolute Gasteiger partial charge is 0.497 e. The van der Waals surface area contributed by atoms with Crippen molar-refractivity contribution in [2.75, 3.05) is 56.2 Å². The molecule has 2 fully saturated rings. The molecule has 2 aliphatic rings. The lowest BCUT2D eigenvalue weighted by Gasteiger charge is -2.37. The van der Waals surface area contributed by atoms with Gasteiger partial charge in [0.15, 0.2) is 0 Å². The normalized spacial score (nSPS) is 17.3. The fourth-order valence-electron chi connectivity index (χ4n) is 3.84. The van der Waals surface area contributed by atoms with Gasteiger partial charge in [-0.1, -0.05) is 0 Å². The molecular formula is C21H26N4O2. The van der Waals surface area contributed by atoms with Gasteiger partial charge in [-0.25, -0.2) is 0 Å². The summed E-state index contributed by atoms with van der Waals surface area (Å²) < 4.78 is 5.23. The van der Waals surface area contributed by atoms with Crippen molar-refractivity contribution in [3.63, 3.8) is 0 Å². The van der Waals surface area contributed by atoms with Crippen LogP contribution < -0.4 is 14.5 Å². The molecule has 142 valence electrons. The molecule has 2 aromatic rings. The van der Waals surface area contributed by atoms with Crippen molar-refractivity contribution in [2.45, 2.75) is 12.8 Å². The number of hydrogen-bond donors (Lipinski definition) is 0. The van der Waals surface area contributed by atoms with Crippen LogP contribution in [0, 0.1) is 0 Å². The third-order valence-corrected chi connectivity index (χ3v) is 5.45. The zero-order chi connectivity index (χ0) is 18.6. The number of piperazine rings is 1. The average Bonchev–Trinajstić information content (AvgIpc) is 3.28.